The minimum absolute atomic E-state index is 0.121. The van der Waals surface area contributed by atoms with Gasteiger partial charge in [0.05, 0.1) is 5.92 Å². The third-order valence-electron chi connectivity index (χ3n) is 2.83. The monoisotopic (exact) mass is 357 g/mol. The van der Waals surface area contributed by atoms with Gasteiger partial charge in [0, 0.05) is 11.0 Å². The van der Waals surface area contributed by atoms with Gasteiger partial charge in [-0.15, -0.1) is 0 Å². The van der Waals surface area contributed by atoms with Crippen LogP contribution in [0.5, 0.6) is 5.75 Å². The number of rotatable bonds is 8. The normalized spacial score (nSPS) is 12.0. The average molecular weight is 358 g/mol. The fourth-order valence-electron chi connectivity index (χ4n) is 1.81. The van der Waals surface area contributed by atoms with Crippen molar-refractivity contribution in [3.05, 3.63) is 28.7 Å². The zero-order chi connectivity index (χ0) is 15.8. The molecule has 0 saturated carbocycles. The summed E-state index contributed by atoms with van der Waals surface area (Å²) in [5.74, 6) is -0.931. The van der Waals surface area contributed by atoms with Gasteiger partial charge >= 0.3 is 5.97 Å². The second kappa shape index (κ2) is 8.67. The number of carbonyl (C=O) groups excluding carboxylic acids is 1. The Balaban J connectivity index is 2.35. The molecule has 0 bridgehead atoms. The van der Waals surface area contributed by atoms with Crippen molar-refractivity contribution in [1.82, 2.24) is 5.32 Å². The molecule has 0 aliphatic heterocycles. The molecule has 0 saturated heterocycles. The zero-order valence-electron chi connectivity index (χ0n) is 12.1. The Kier molecular flexibility index (Phi) is 7.22. The van der Waals surface area contributed by atoms with Gasteiger partial charge in [0.1, 0.15) is 5.75 Å². The molecule has 1 amide bonds. The van der Waals surface area contributed by atoms with E-state index < -0.39 is 11.9 Å². The van der Waals surface area contributed by atoms with Crippen molar-refractivity contribution in [2.24, 2.45) is 11.8 Å². The molecule has 5 nitrogen and oxygen atoms in total. The molecule has 1 aromatic carbocycles. The first-order valence-electron chi connectivity index (χ1n) is 6.76. The fraction of sp³-hybridized carbons (Fsp3) is 0.467. The zero-order valence-corrected chi connectivity index (χ0v) is 13.7. The first-order chi connectivity index (χ1) is 9.88. The van der Waals surface area contributed by atoms with Gasteiger partial charge < -0.3 is 15.2 Å². The number of nitrogens with one attached hydrogen (secondary N) is 1. The second-order valence-corrected chi connectivity index (χ2v) is 6.13. The maximum Gasteiger partial charge on any atom is 0.308 e. The minimum atomic E-state index is -0.891. The van der Waals surface area contributed by atoms with Gasteiger partial charge in [-0.05, 0) is 36.6 Å². The number of hydrogen-bond donors (Lipinski definition) is 2. The number of carboxylic acids is 1. The number of hydrogen-bond acceptors (Lipinski definition) is 3. The molecule has 0 heterocycles. The second-order valence-electron chi connectivity index (χ2n) is 5.21. The van der Waals surface area contributed by atoms with Crippen LogP contribution in [0, 0.1) is 11.8 Å². The lowest BCUT2D eigenvalue weighted by atomic mass is 9.97. The number of halogens is 1. The van der Waals surface area contributed by atoms with Crippen molar-refractivity contribution in [3.8, 4) is 5.75 Å². The molecule has 0 aromatic heterocycles. The van der Waals surface area contributed by atoms with Gasteiger partial charge in [-0.25, -0.2) is 0 Å². The number of benzene rings is 1. The van der Waals surface area contributed by atoms with Crippen molar-refractivity contribution < 1.29 is 19.4 Å². The molecule has 0 radical (unpaired) electrons. The van der Waals surface area contributed by atoms with E-state index >= 15 is 0 Å². The minimum Gasteiger partial charge on any atom is -0.484 e. The van der Waals surface area contributed by atoms with Crippen molar-refractivity contribution in [2.75, 3.05) is 13.2 Å². The summed E-state index contributed by atoms with van der Waals surface area (Å²) in [5, 5.41) is 11.7. The van der Waals surface area contributed by atoms with E-state index in [0.29, 0.717) is 12.2 Å². The van der Waals surface area contributed by atoms with Crippen LogP contribution >= 0.6 is 15.9 Å². The van der Waals surface area contributed by atoms with E-state index in [0.717, 1.165) is 4.47 Å². The van der Waals surface area contributed by atoms with Crippen molar-refractivity contribution in [3.63, 3.8) is 0 Å². The molecule has 1 atom stereocenters. The van der Waals surface area contributed by atoms with Crippen LogP contribution in [0.1, 0.15) is 20.3 Å². The van der Waals surface area contributed by atoms with Gasteiger partial charge in [0.15, 0.2) is 6.61 Å². The number of carbonyl (C=O) groups is 2. The SMILES string of the molecule is CC(C)CC(CNC(=O)COc1ccc(Br)cc1)C(=O)O. The van der Waals surface area contributed by atoms with Crippen LogP contribution in [0.3, 0.4) is 0 Å². The Morgan fingerprint density at radius 1 is 1.29 bits per heavy atom. The van der Waals surface area contributed by atoms with E-state index in [1.54, 1.807) is 12.1 Å². The van der Waals surface area contributed by atoms with Crippen molar-refractivity contribution in [2.45, 2.75) is 20.3 Å². The predicted molar refractivity (Wildman–Crippen MR) is 83.2 cm³/mol. The highest BCUT2D eigenvalue weighted by atomic mass is 79.9. The smallest absolute Gasteiger partial charge is 0.308 e. The molecule has 1 rings (SSSR count). The number of carboxylic acid groups (broad SMARTS) is 1. The molecular weight excluding hydrogens is 338 g/mol. The van der Waals surface area contributed by atoms with E-state index in [1.807, 2.05) is 26.0 Å². The van der Waals surface area contributed by atoms with Crippen LogP contribution in [0.25, 0.3) is 0 Å². The highest BCUT2D eigenvalue weighted by Gasteiger charge is 2.19. The Morgan fingerprint density at radius 2 is 1.90 bits per heavy atom. The Labute approximate surface area is 132 Å². The molecular formula is C15H20BrNO4. The number of ether oxygens (including phenoxy) is 1. The first-order valence-corrected chi connectivity index (χ1v) is 7.55. The van der Waals surface area contributed by atoms with Crippen LogP contribution in [-0.4, -0.2) is 30.1 Å². The fourth-order valence-corrected chi connectivity index (χ4v) is 2.07. The summed E-state index contributed by atoms with van der Waals surface area (Å²) in [6.07, 6.45) is 0.531. The van der Waals surface area contributed by atoms with Gasteiger partial charge in [-0.3, -0.25) is 9.59 Å². The molecule has 1 aromatic rings. The highest BCUT2D eigenvalue weighted by Crippen LogP contribution is 2.16. The quantitative estimate of drug-likeness (QED) is 0.749. The maximum atomic E-state index is 11.7. The molecule has 1 unspecified atom stereocenters. The number of amides is 1. The van der Waals surface area contributed by atoms with Gasteiger partial charge in [-0.2, -0.15) is 0 Å². The summed E-state index contributed by atoms with van der Waals surface area (Å²) < 4.78 is 6.24. The van der Waals surface area contributed by atoms with Crippen LogP contribution < -0.4 is 10.1 Å². The van der Waals surface area contributed by atoms with E-state index in [4.69, 9.17) is 9.84 Å². The molecule has 6 heteroatoms. The van der Waals surface area contributed by atoms with Gasteiger partial charge in [0.2, 0.25) is 0 Å². The third-order valence-corrected chi connectivity index (χ3v) is 3.36. The maximum absolute atomic E-state index is 11.7. The third kappa shape index (κ3) is 7.13. The summed E-state index contributed by atoms with van der Waals surface area (Å²) in [4.78, 5) is 22.7. The van der Waals surface area contributed by atoms with E-state index in [2.05, 4.69) is 21.2 Å². The summed E-state index contributed by atoms with van der Waals surface area (Å²) in [7, 11) is 0. The lowest BCUT2D eigenvalue weighted by Gasteiger charge is -2.15. The standard InChI is InChI=1S/C15H20BrNO4/c1-10(2)7-11(15(19)20)8-17-14(18)9-21-13-5-3-12(16)4-6-13/h3-6,10-11H,7-9H2,1-2H3,(H,17,18)(H,19,20). The topological polar surface area (TPSA) is 75.6 Å². The van der Waals surface area contributed by atoms with Crippen LogP contribution in [0.2, 0.25) is 0 Å². The summed E-state index contributed by atoms with van der Waals surface area (Å²) in [5.41, 5.74) is 0. The molecule has 116 valence electrons. The molecule has 0 fully saturated rings. The summed E-state index contributed by atoms with van der Waals surface area (Å²) >= 11 is 3.31. The summed E-state index contributed by atoms with van der Waals surface area (Å²) in [6, 6.07) is 7.12. The predicted octanol–water partition coefficient (Wildman–Crippen LogP) is 2.69. The van der Waals surface area contributed by atoms with Gasteiger partial charge in [0.25, 0.3) is 5.91 Å². The highest BCUT2D eigenvalue weighted by molar-refractivity contribution is 9.10. The summed E-state index contributed by atoms with van der Waals surface area (Å²) in [6.45, 7) is 3.90. The molecule has 0 aliphatic carbocycles. The van der Waals surface area contributed by atoms with Crippen molar-refractivity contribution in [1.29, 1.82) is 0 Å². The molecule has 2 N–H and O–H groups in total. The largest absolute Gasteiger partial charge is 0.484 e. The van der Waals surface area contributed by atoms with Crippen LogP contribution in [0.4, 0.5) is 0 Å². The Hall–Kier alpha value is -1.56. The lowest BCUT2D eigenvalue weighted by Crippen LogP contribution is -2.36. The van der Waals surface area contributed by atoms with Crippen LogP contribution in [-0.2, 0) is 9.59 Å². The van der Waals surface area contributed by atoms with Crippen molar-refractivity contribution >= 4 is 27.8 Å². The molecule has 0 aliphatic rings. The van der Waals surface area contributed by atoms with Gasteiger partial charge in [-0.1, -0.05) is 29.8 Å². The molecule has 21 heavy (non-hydrogen) atoms. The van der Waals surface area contributed by atoms with Crippen LogP contribution in [0.15, 0.2) is 28.7 Å². The Bertz CT molecular complexity index is 473. The average Bonchev–Trinajstić information content (AvgIpc) is 2.42. The molecule has 0 spiro atoms. The Morgan fingerprint density at radius 3 is 2.43 bits per heavy atom. The van der Waals surface area contributed by atoms with E-state index in [1.165, 1.54) is 0 Å². The van der Waals surface area contributed by atoms with E-state index in [-0.39, 0.29) is 25.0 Å². The lowest BCUT2D eigenvalue weighted by molar-refractivity contribution is -0.142. The first kappa shape index (κ1) is 17.5. The number of aliphatic carboxylic acids is 1. The van der Waals surface area contributed by atoms with E-state index in [9.17, 15) is 9.59 Å².